The molecular weight excluding hydrogens is 148 g/mol. The average molecular weight is 168 g/mol. The van der Waals surface area contributed by atoms with Gasteiger partial charge in [-0.05, 0) is 31.6 Å². The second kappa shape index (κ2) is 8.54. The predicted molar refractivity (Wildman–Crippen MR) is 54.1 cm³/mol. The van der Waals surface area contributed by atoms with Crippen molar-refractivity contribution in [1.29, 1.82) is 0 Å². The van der Waals surface area contributed by atoms with E-state index < -0.39 is 0 Å². The van der Waals surface area contributed by atoms with E-state index in [9.17, 15) is 0 Å². The van der Waals surface area contributed by atoms with E-state index in [-0.39, 0.29) is 6.61 Å². The molecule has 0 radical (unpaired) electrons. The minimum atomic E-state index is 0.276. The van der Waals surface area contributed by atoms with Crippen LogP contribution in [-0.4, -0.2) is 11.7 Å². The van der Waals surface area contributed by atoms with E-state index in [4.69, 9.17) is 5.11 Å². The fourth-order valence-electron chi connectivity index (χ4n) is 1.24. The third-order valence-corrected chi connectivity index (χ3v) is 2.07. The predicted octanol–water partition coefficient (Wildman–Crippen LogP) is 2.92. The van der Waals surface area contributed by atoms with Crippen molar-refractivity contribution in [1.82, 2.24) is 0 Å². The van der Waals surface area contributed by atoms with Gasteiger partial charge in [0.25, 0.3) is 0 Å². The number of aliphatic hydroxyl groups excluding tert-OH is 1. The van der Waals surface area contributed by atoms with Crippen molar-refractivity contribution in [2.45, 2.75) is 32.1 Å². The first-order valence-electron chi connectivity index (χ1n) is 4.69. The van der Waals surface area contributed by atoms with Crippen LogP contribution in [0.4, 0.5) is 0 Å². The Labute approximate surface area is 75.8 Å². The summed E-state index contributed by atoms with van der Waals surface area (Å²) in [5, 5.41) is 8.71. The Bertz CT molecular complexity index is 118. The molecule has 0 saturated carbocycles. The Hall–Kier alpha value is -0.560. The Morgan fingerprint density at radius 2 is 1.92 bits per heavy atom. The van der Waals surface area contributed by atoms with Crippen LogP contribution in [0.2, 0.25) is 0 Å². The minimum Gasteiger partial charge on any atom is -0.396 e. The number of allylic oxidation sites excluding steroid dienone is 2. The number of aliphatic hydroxyl groups is 1. The largest absolute Gasteiger partial charge is 0.396 e. The lowest BCUT2D eigenvalue weighted by Gasteiger charge is -2.09. The first-order chi connectivity index (χ1) is 5.85. The molecule has 70 valence electrons. The number of hydrogen-bond donors (Lipinski definition) is 1. The van der Waals surface area contributed by atoms with E-state index in [1.807, 2.05) is 12.2 Å². The lowest BCUT2D eigenvalue weighted by atomic mass is 9.98. The van der Waals surface area contributed by atoms with Crippen LogP contribution in [0.5, 0.6) is 0 Å². The van der Waals surface area contributed by atoms with Gasteiger partial charge in [-0.3, -0.25) is 0 Å². The van der Waals surface area contributed by atoms with Gasteiger partial charge >= 0.3 is 0 Å². The Morgan fingerprint density at radius 3 is 2.42 bits per heavy atom. The van der Waals surface area contributed by atoms with Crippen molar-refractivity contribution in [2.75, 3.05) is 6.61 Å². The fourth-order valence-corrected chi connectivity index (χ4v) is 1.24. The van der Waals surface area contributed by atoms with Crippen molar-refractivity contribution < 1.29 is 5.11 Å². The monoisotopic (exact) mass is 168 g/mol. The Balaban J connectivity index is 3.30. The van der Waals surface area contributed by atoms with E-state index in [1.165, 1.54) is 12.8 Å². The third kappa shape index (κ3) is 6.17. The third-order valence-electron chi connectivity index (χ3n) is 2.07. The molecule has 1 N–H and O–H groups in total. The molecule has 0 aliphatic carbocycles. The van der Waals surface area contributed by atoms with Gasteiger partial charge in [-0.25, -0.2) is 0 Å². The summed E-state index contributed by atoms with van der Waals surface area (Å²) in [6.45, 7) is 7.70. The molecule has 0 rings (SSSR count). The van der Waals surface area contributed by atoms with Crippen LogP contribution in [0, 0.1) is 5.92 Å². The van der Waals surface area contributed by atoms with Crippen molar-refractivity contribution in [3.8, 4) is 0 Å². The number of unbranched alkanes of at least 4 members (excludes halogenated alkanes) is 2. The summed E-state index contributed by atoms with van der Waals surface area (Å²) in [5.41, 5.74) is 0. The van der Waals surface area contributed by atoms with E-state index in [2.05, 4.69) is 13.2 Å². The number of hydrogen-bond acceptors (Lipinski definition) is 1. The standard InChI is InChI=1S/C11H20O/c1-3-5-6-7-8-11(4-2)9-10-12/h3-4,11-12H,1-2,5-10H2. The molecule has 0 aromatic rings. The summed E-state index contributed by atoms with van der Waals surface area (Å²) in [7, 11) is 0. The molecule has 0 aliphatic heterocycles. The molecule has 0 heterocycles. The van der Waals surface area contributed by atoms with Crippen LogP contribution in [0.25, 0.3) is 0 Å². The van der Waals surface area contributed by atoms with Crippen LogP contribution in [0.15, 0.2) is 25.3 Å². The summed E-state index contributed by atoms with van der Waals surface area (Å²) in [6, 6.07) is 0. The summed E-state index contributed by atoms with van der Waals surface area (Å²) in [5.74, 6) is 0.500. The molecule has 0 aromatic carbocycles. The zero-order valence-electron chi connectivity index (χ0n) is 7.84. The van der Waals surface area contributed by atoms with E-state index >= 15 is 0 Å². The minimum absolute atomic E-state index is 0.276. The molecule has 1 unspecified atom stereocenters. The molecular formula is C11H20O. The molecule has 1 nitrogen and oxygen atoms in total. The van der Waals surface area contributed by atoms with Crippen molar-refractivity contribution >= 4 is 0 Å². The van der Waals surface area contributed by atoms with E-state index in [0.29, 0.717) is 5.92 Å². The number of rotatable bonds is 8. The van der Waals surface area contributed by atoms with Crippen molar-refractivity contribution in [2.24, 2.45) is 5.92 Å². The lowest BCUT2D eigenvalue weighted by Crippen LogP contribution is -1.99. The molecule has 0 amide bonds. The summed E-state index contributed by atoms with van der Waals surface area (Å²) in [6.07, 6.45) is 9.43. The van der Waals surface area contributed by atoms with Crippen LogP contribution in [0.3, 0.4) is 0 Å². The molecule has 1 heteroatoms. The quantitative estimate of drug-likeness (QED) is 0.436. The first kappa shape index (κ1) is 11.4. The summed E-state index contributed by atoms with van der Waals surface area (Å²) < 4.78 is 0. The SMILES string of the molecule is C=CCCCCC(C=C)CCO. The van der Waals surface area contributed by atoms with Gasteiger partial charge in [0, 0.05) is 6.61 Å². The molecule has 0 spiro atoms. The van der Waals surface area contributed by atoms with Gasteiger partial charge in [0.2, 0.25) is 0 Å². The Morgan fingerprint density at radius 1 is 1.17 bits per heavy atom. The summed E-state index contributed by atoms with van der Waals surface area (Å²) in [4.78, 5) is 0. The maximum Gasteiger partial charge on any atom is 0.0436 e. The molecule has 12 heavy (non-hydrogen) atoms. The smallest absolute Gasteiger partial charge is 0.0436 e. The molecule has 0 aromatic heterocycles. The average Bonchev–Trinajstić information content (AvgIpc) is 2.10. The topological polar surface area (TPSA) is 20.2 Å². The van der Waals surface area contributed by atoms with Crippen LogP contribution in [0.1, 0.15) is 32.1 Å². The molecule has 0 bridgehead atoms. The van der Waals surface area contributed by atoms with Crippen molar-refractivity contribution in [3.63, 3.8) is 0 Å². The lowest BCUT2D eigenvalue weighted by molar-refractivity contribution is 0.265. The van der Waals surface area contributed by atoms with Gasteiger partial charge in [-0.2, -0.15) is 0 Å². The molecule has 1 atom stereocenters. The second-order valence-electron chi connectivity index (χ2n) is 3.08. The van der Waals surface area contributed by atoms with E-state index in [1.54, 1.807) is 0 Å². The Kier molecular flexibility index (Phi) is 8.14. The fraction of sp³-hybridized carbons (Fsp3) is 0.636. The van der Waals surface area contributed by atoms with Gasteiger partial charge in [-0.15, -0.1) is 13.2 Å². The van der Waals surface area contributed by atoms with Gasteiger partial charge in [-0.1, -0.05) is 18.6 Å². The van der Waals surface area contributed by atoms with Crippen molar-refractivity contribution in [3.05, 3.63) is 25.3 Å². The van der Waals surface area contributed by atoms with Gasteiger partial charge < -0.3 is 5.11 Å². The van der Waals surface area contributed by atoms with Gasteiger partial charge in [0.15, 0.2) is 0 Å². The molecule has 0 aliphatic rings. The normalized spacial score (nSPS) is 12.4. The highest BCUT2D eigenvalue weighted by molar-refractivity contribution is 4.78. The molecule has 0 fully saturated rings. The van der Waals surface area contributed by atoms with Crippen LogP contribution >= 0.6 is 0 Å². The first-order valence-corrected chi connectivity index (χ1v) is 4.69. The second-order valence-corrected chi connectivity index (χ2v) is 3.08. The van der Waals surface area contributed by atoms with E-state index in [0.717, 1.165) is 19.3 Å². The highest BCUT2D eigenvalue weighted by Crippen LogP contribution is 2.14. The zero-order chi connectivity index (χ0) is 9.23. The highest BCUT2D eigenvalue weighted by atomic mass is 16.3. The maximum atomic E-state index is 8.71. The summed E-state index contributed by atoms with van der Waals surface area (Å²) >= 11 is 0. The van der Waals surface area contributed by atoms with Gasteiger partial charge in [0.05, 0.1) is 0 Å². The van der Waals surface area contributed by atoms with Crippen LogP contribution in [-0.2, 0) is 0 Å². The van der Waals surface area contributed by atoms with Gasteiger partial charge in [0.1, 0.15) is 0 Å². The highest BCUT2D eigenvalue weighted by Gasteiger charge is 2.01. The van der Waals surface area contributed by atoms with Crippen LogP contribution < -0.4 is 0 Å². The zero-order valence-corrected chi connectivity index (χ0v) is 7.84. The maximum absolute atomic E-state index is 8.71. The molecule has 0 saturated heterocycles.